The first-order chi connectivity index (χ1) is 14.7. The van der Waals surface area contributed by atoms with E-state index in [0.717, 1.165) is 20.3 Å². The van der Waals surface area contributed by atoms with Crippen molar-refractivity contribution in [1.29, 1.82) is 0 Å². The minimum absolute atomic E-state index is 0.177. The number of amides is 1. The molecule has 1 amide bonds. The Labute approximate surface area is 192 Å². The highest BCUT2D eigenvalue weighted by molar-refractivity contribution is 9.10. The Bertz CT molecular complexity index is 1450. The molecule has 1 heterocycles. The summed E-state index contributed by atoms with van der Waals surface area (Å²) in [6, 6.07) is 18.7. The summed E-state index contributed by atoms with van der Waals surface area (Å²) < 4.78 is 31.4. The first kappa shape index (κ1) is 21.5. The standard InChI is InChI=1S/C22H18BrN3O3S2/c1-14-6-12-17(13-7-14)31(28,29)25-16-10-8-15(9-11-16)21(27)24-22-26(2)20-18(23)4-3-5-19(20)30-22/h3-13,25H,1-2H3. The van der Waals surface area contributed by atoms with Crippen LogP contribution in [0.3, 0.4) is 0 Å². The van der Waals surface area contributed by atoms with Crippen LogP contribution in [-0.2, 0) is 17.1 Å². The van der Waals surface area contributed by atoms with Crippen LogP contribution >= 0.6 is 27.3 Å². The Kier molecular flexibility index (Phi) is 5.83. The van der Waals surface area contributed by atoms with E-state index in [1.165, 1.54) is 11.3 Å². The van der Waals surface area contributed by atoms with Crippen LogP contribution in [-0.4, -0.2) is 18.9 Å². The molecule has 0 aliphatic carbocycles. The summed E-state index contributed by atoms with van der Waals surface area (Å²) in [6.45, 7) is 1.89. The Hall–Kier alpha value is -2.75. The predicted octanol–water partition coefficient (Wildman–Crippen LogP) is 4.85. The second kappa shape index (κ2) is 8.41. The molecule has 0 fully saturated rings. The third kappa shape index (κ3) is 4.48. The van der Waals surface area contributed by atoms with Crippen LogP contribution in [0.1, 0.15) is 15.9 Å². The van der Waals surface area contributed by atoms with E-state index in [-0.39, 0.29) is 4.90 Å². The highest BCUT2D eigenvalue weighted by Gasteiger charge is 2.14. The number of carbonyl (C=O) groups excluding carboxylic acids is 1. The fraction of sp³-hybridized carbons (Fsp3) is 0.0909. The number of nitrogens with one attached hydrogen (secondary N) is 1. The van der Waals surface area contributed by atoms with Crippen molar-refractivity contribution in [3.8, 4) is 0 Å². The molecule has 0 radical (unpaired) electrons. The Morgan fingerprint density at radius 2 is 1.71 bits per heavy atom. The number of para-hydroxylation sites is 1. The van der Waals surface area contributed by atoms with Crippen LogP contribution < -0.4 is 9.52 Å². The lowest BCUT2D eigenvalue weighted by Crippen LogP contribution is -2.14. The molecule has 0 spiro atoms. The normalized spacial score (nSPS) is 12.3. The van der Waals surface area contributed by atoms with Gasteiger partial charge in [0.15, 0.2) is 4.80 Å². The molecule has 9 heteroatoms. The van der Waals surface area contributed by atoms with Gasteiger partial charge >= 0.3 is 0 Å². The molecule has 0 bridgehead atoms. The number of nitrogens with zero attached hydrogens (tertiary/aromatic N) is 2. The molecule has 3 aromatic carbocycles. The second-order valence-electron chi connectivity index (χ2n) is 6.94. The van der Waals surface area contributed by atoms with Crippen molar-refractivity contribution in [2.75, 3.05) is 4.72 Å². The number of anilines is 1. The van der Waals surface area contributed by atoms with Crippen molar-refractivity contribution in [2.24, 2.45) is 12.0 Å². The fourth-order valence-corrected chi connectivity index (χ4v) is 5.89. The van der Waals surface area contributed by atoms with Gasteiger partial charge in [-0.1, -0.05) is 35.1 Å². The molecule has 158 valence electrons. The van der Waals surface area contributed by atoms with Crippen LogP contribution in [0.5, 0.6) is 0 Å². The summed E-state index contributed by atoms with van der Waals surface area (Å²) in [4.78, 5) is 17.7. The molecule has 0 atom stereocenters. The van der Waals surface area contributed by atoms with Gasteiger partial charge in [0.1, 0.15) is 0 Å². The van der Waals surface area contributed by atoms with Gasteiger partial charge in [0.25, 0.3) is 15.9 Å². The zero-order chi connectivity index (χ0) is 22.2. The average Bonchev–Trinajstić information content (AvgIpc) is 3.05. The van der Waals surface area contributed by atoms with Crippen molar-refractivity contribution in [2.45, 2.75) is 11.8 Å². The minimum Gasteiger partial charge on any atom is -0.318 e. The molecule has 1 N–H and O–H groups in total. The summed E-state index contributed by atoms with van der Waals surface area (Å²) in [7, 11) is -1.84. The Balaban J connectivity index is 1.58. The number of hydrogen-bond acceptors (Lipinski definition) is 4. The van der Waals surface area contributed by atoms with Gasteiger partial charge in [-0.25, -0.2) is 8.42 Å². The van der Waals surface area contributed by atoms with E-state index in [1.807, 2.05) is 36.7 Å². The largest absolute Gasteiger partial charge is 0.318 e. The molecule has 0 aliphatic rings. The maximum Gasteiger partial charge on any atom is 0.279 e. The van der Waals surface area contributed by atoms with Gasteiger partial charge in [0, 0.05) is 22.8 Å². The molecule has 0 saturated carbocycles. The fourth-order valence-electron chi connectivity index (χ4n) is 3.03. The van der Waals surface area contributed by atoms with Crippen LogP contribution in [0, 0.1) is 6.92 Å². The quantitative estimate of drug-likeness (QED) is 0.421. The number of aromatic nitrogens is 1. The molecule has 0 saturated heterocycles. The first-order valence-electron chi connectivity index (χ1n) is 9.27. The number of fused-ring (bicyclic) bond motifs is 1. The van der Waals surface area contributed by atoms with E-state index >= 15 is 0 Å². The lowest BCUT2D eigenvalue weighted by atomic mass is 10.2. The first-order valence-corrected chi connectivity index (χ1v) is 12.4. The number of sulfonamides is 1. The van der Waals surface area contributed by atoms with E-state index in [2.05, 4.69) is 25.6 Å². The number of halogens is 1. The number of thiazole rings is 1. The van der Waals surface area contributed by atoms with Crippen LogP contribution in [0.4, 0.5) is 5.69 Å². The number of carbonyl (C=O) groups is 1. The Morgan fingerprint density at radius 1 is 1.03 bits per heavy atom. The smallest absolute Gasteiger partial charge is 0.279 e. The predicted molar refractivity (Wildman–Crippen MR) is 127 cm³/mol. The summed E-state index contributed by atoms with van der Waals surface area (Å²) >= 11 is 4.95. The zero-order valence-corrected chi connectivity index (χ0v) is 19.9. The molecule has 4 aromatic rings. The molecule has 4 rings (SSSR count). The summed E-state index contributed by atoms with van der Waals surface area (Å²) in [5.41, 5.74) is 2.69. The number of aryl methyl sites for hydroxylation is 2. The van der Waals surface area contributed by atoms with E-state index in [0.29, 0.717) is 16.1 Å². The monoisotopic (exact) mass is 515 g/mol. The second-order valence-corrected chi connectivity index (χ2v) is 10.5. The minimum atomic E-state index is -3.70. The van der Waals surface area contributed by atoms with Crippen molar-refractivity contribution < 1.29 is 13.2 Å². The molecular formula is C22H18BrN3O3S2. The van der Waals surface area contributed by atoms with E-state index in [1.54, 1.807) is 48.5 Å². The SMILES string of the molecule is Cc1ccc(S(=O)(=O)Nc2ccc(C(=O)N=c3sc4cccc(Br)c4n3C)cc2)cc1. The average molecular weight is 516 g/mol. The van der Waals surface area contributed by atoms with Gasteiger partial charge in [0.05, 0.1) is 15.1 Å². The van der Waals surface area contributed by atoms with Gasteiger partial charge in [-0.05, 0) is 71.4 Å². The van der Waals surface area contributed by atoms with Gasteiger partial charge in [-0.2, -0.15) is 4.99 Å². The zero-order valence-electron chi connectivity index (χ0n) is 16.7. The van der Waals surface area contributed by atoms with Gasteiger partial charge < -0.3 is 4.57 Å². The number of rotatable bonds is 4. The summed E-state index contributed by atoms with van der Waals surface area (Å²) in [5.74, 6) is -0.397. The molecule has 0 unspecified atom stereocenters. The van der Waals surface area contributed by atoms with Crippen LogP contribution in [0.15, 0.2) is 81.1 Å². The molecular weight excluding hydrogens is 498 g/mol. The summed E-state index contributed by atoms with van der Waals surface area (Å²) in [6.07, 6.45) is 0. The van der Waals surface area contributed by atoms with E-state index in [4.69, 9.17) is 0 Å². The number of hydrogen-bond donors (Lipinski definition) is 1. The Morgan fingerprint density at radius 3 is 2.35 bits per heavy atom. The van der Waals surface area contributed by atoms with Crippen LogP contribution in [0.2, 0.25) is 0 Å². The lowest BCUT2D eigenvalue weighted by Gasteiger charge is -2.08. The number of benzene rings is 3. The van der Waals surface area contributed by atoms with Gasteiger partial charge in [-0.3, -0.25) is 9.52 Å². The third-order valence-corrected chi connectivity index (χ3v) is 7.82. The highest BCUT2D eigenvalue weighted by Crippen LogP contribution is 2.25. The van der Waals surface area contributed by atoms with Gasteiger partial charge in [0.2, 0.25) is 0 Å². The topological polar surface area (TPSA) is 80.5 Å². The third-order valence-electron chi connectivity index (χ3n) is 4.69. The lowest BCUT2D eigenvalue weighted by molar-refractivity contribution is 0.0998. The van der Waals surface area contributed by atoms with Crippen LogP contribution in [0.25, 0.3) is 10.2 Å². The molecule has 6 nitrogen and oxygen atoms in total. The maximum absolute atomic E-state index is 12.7. The van der Waals surface area contributed by atoms with E-state index < -0.39 is 15.9 Å². The van der Waals surface area contributed by atoms with Crippen molar-refractivity contribution >= 4 is 59.1 Å². The maximum atomic E-state index is 12.7. The molecule has 0 aliphatic heterocycles. The van der Waals surface area contributed by atoms with Crippen molar-refractivity contribution in [1.82, 2.24) is 4.57 Å². The van der Waals surface area contributed by atoms with Gasteiger partial charge in [-0.15, -0.1) is 0 Å². The molecule has 1 aromatic heterocycles. The summed E-state index contributed by atoms with van der Waals surface area (Å²) in [5, 5.41) is 0. The van der Waals surface area contributed by atoms with Crippen molar-refractivity contribution in [3.05, 3.63) is 87.1 Å². The van der Waals surface area contributed by atoms with E-state index in [9.17, 15) is 13.2 Å². The van der Waals surface area contributed by atoms with Crippen molar-refractivity contribution in [3.63, 3.8) is 0 Å². The highest BCUT2D eigenvalue weighted by atomic mass is 79.9. The molecule has 31 heavy (non-hydrogen) atoms.